The number of aromatic nitrogens is 2. The van der Waals surface area contributed by atoms with Gasteiger partial charge in [0.15, 0.2) is 16.1 Å². The van der Waals surface area contributed by atoms with Gasteiger partial charge in [-0.1, -0.05) is 41.6 Å². The summed E-state index contributed by atoms with van der Waals surface area (Å²) in [5.74, 6) is 0.516. The van der Waals surface area contributed by atoms with E-state index >= 15 is 0 Å². The largest absolute Gasteiger partial charge is 0.454 e. The summed E-state index contributed by atoms with van der Waals surface area (Å²) in [7, 11) is 0. The van der Waals surface area contributed by atoms with Crippen molar-refractivity contribution >= 4 is 34.3 Å². The van der Waals surface area contributed by atoms with Crippen LogP contribution in [-0.2, 0) is 0 Å². The fraction of sp³-hybridized carbons (Fsp3) is 0.0714. The Bertz CT molecular complexity index is 805. The maximum Gasteiger partial charge on any atom is 0.189 e. The summed E-state index contributed by atoms with van der Waals surface area (Å²) >= 11 is 7.39. The second kappa shape index (κ2) is 5.16. The first-order valence-electron chi connectivity index (χ1n) is 5.73. The number of halogens is 1. The summed E-state index contributed by atoms with van der Waals surface area (Å²) in [6.07, 6.45) is 1.85. The highest BCUT2D eigenvalue weighted by Crippen LogP contribution is 2.32. The lowest BCUT2D eigenvalue weighted by Crippen LogP contribution is -1.95. The normalized spacial score (nSPS) is 10.7. The molecule has 2 heterocycles. The first kappa shape index (κ1) is 13.0. The summed E-state index contributed by atoms with van der Waals surface area (Å²) in [5.41, 5.74) is 1.39. The van der Waals surface area contributed by atoms with Gasteiger partial charge in [0.1, 0.15) is 22.9 Å². The van der Waals surface area contributed by atoms with Gasteiger partial charge in [0.2, 0.25) is 0 Å². The second-order valence-corrected chi connectivity index (χ2v) is 5.12. The number of thioether (sulfide) groups is 1. The maximum atomic E-state index is 9.24. The molecule has 0 spiro atoms. The molecule has 0 aliphatic heterocycles. The zero-order valence-corrected chi connectivity index (χ0v) is 12.0. The predicted molar refractivity (Wildman–Crippen MR) is 78.7 cm³/mol. The summed E-state index contributed by atoms with van der Waals surface area (Å²) in [6.45, 7) is 0. The van der Waals surface area contributed by atoms with Gasteiger partial charge in [-0.15, -0.1) is 0 Å². The number of nitriles is 1. The summed E-state index contributed by atoms with van der Waals surface area (Å²) < 4.78 is 5.74. The van der Waals surface area contributed by atoms with E-state index in [-0.39, 0.29) is 10.7 Å². The molecule has 0 radical (unpaired) electrons. The van der Waals surface area contributed by atoms with E-state index in [4.69, 9.17) is 16.0 Å². The molecule has 1 aromatic carbocycles. The number of furan rings is 1. The molecule has 0 saturated carbocycles. The van der Waals surface area contributed by atoms with Crippen LogP contribution in [0.5, 0.6) is 0 Å². The summed E-state index contributed by atoms with van der Waals surface area (Å²) in [5, 5.41) is 10.8. The SMILES string of the molecule is CSc1nc(Cl)c(C#N)c(-c2cc3ccccc3o2)n1. The van der Waals surface area contributed by atoms with Gasteiger partial charge in [0.05, 0.1) is 0 Å². The minimum atomic E-state index is 0.141. The van der Waals surface area contributed by atoms with Gasteiger partial charge in [-0.3, -0.25) is 0 Å². The highest BCUT2D eigenvalue weighted by molar-refractivity contribution is 7.98. The van der Waals surface area contributed by atoms with E-state index < -0.39 is 0 Å². The molecule has 0 bridgehead atoms. The lowest BCUT2D eigenvalue weighted by atomic mass is 10.2. The zero-order valence-electron chi connectivity index (χ0n) is 10.4. The molecule has 0 aliphatic rings. The van der Waals surface area contributed by atoms with Crippen LogP contribution in [0.15, 0.2) is 39.9 Å². The Balaban J connectivity index is 2.27. The van der Waals surface area contributed by atoms with Crippen molar-refractivity contribution in [2.45, 2.75) is 5.16 Å². The van der Waals surface area contributed by atoms with Gasteiger partial charge in [-0.05, 0) is 18.4 Å². The van der Waals surface area contributed by atoms with Gasteiger partial charge >= 0.3 is 0 Å². The van der Waals surface area contributed by atoms with Gasteiger partial charge in [0, 0.05) is 5.39 Å². The van der Waals surface area contributed by atoms with Crippen LogP contribution >= 0.6 is 23.4 Å². The minimum absolute atomic E-state index is 0.141. The van der Waals surface area contributed by atoms with Crippen LogP contribution < -0.4 is 0 Å². The second-order valence-electron chi connectivity index (χ2n) is 3.99. The topological polar surface area (TPSA) is 62.7 Å². The Hall–Kier alpha value is -2.03. The Morgan fingerprint density at radius 1 is 1.30 bits per heavy atom. The molecule has 0 N–H and O–H groups in total. The molecule has 3 aromatic rings. The average molecular weight is 302 g/mol. The standard InChI is InChI=1S/C14H8ClN3OS/c1-20-14-17-12(9(7-16)13(15)18-14)11-6-8-4-2-3-5-10(8)19-11/h2-6H,1H3. The maximum absolute atomic E-state index is 9.24. The molecule has 0 aliphatic carbocycles. The Morgan fingerprint density at radius 2 is 2.10 bits per heavy atom. The molecule has 0 saturated heterocycles. The number of hydrogen-bond acceptors (Lipinski definition) is 5. The fourth-order valence-electron chi connectivity index (χ4n) is 1.88. The molecule has 0 fully saturated rings. The number of para-hydroxylation sites is 1. The summed E-state index contributed by atoms with van der Waals surface area (Å²) in [6, 6.07) is 11.5. The molecule has 0 unspecified atom stereocenters. The average Bonchev–Trinajstić information content (AvgIpc) is 2.90. The van der Waals surface area contributed by atoms with Crippen LogP contribution in [0.1, 0.15) is 5.56 Å². The van der Waals surface area contributed by atoms with E-state index in [0.29, 0.717) is 16.6 Å². The van der Waals surface area contributed by atoms with Crippen LogP contribution in [0.3, 0.4) is 0 Å². The Labute approximate surface area is 124 Å². The predicted octanol–water partition coefficient (Wildman–Crippen LogP) is 4.14. The van der Waals surface area contributed by atoms with Gasteiger partial charge < -0.3 is 4.42 Å². The third kappa shape index (κ3) is 2.13. The number of benzene rings is 1. The highest BCUT2D eigenvalue weighted by atomic mass is 35.5. The van der Waals surface area contributed by atoms with E-state index in [1.165, 1.54) is 11.8 Å². The molecule has 3 rings (SSSR count). The Morgan fingerprint density at radius 3 is 2.80 bits per heavy atom. The first-order valence-corrected chi connectivity index (χ1v) is 7.34. The van der Waals surface area contributed by atoms with Crippen LogP contribution in [0.4, 0.5) is 0 Å². The quantitative estimate of drug-likeness (QED) is 0.404. The Kier molecular flexibility index (Phi) is 3.35. The number of rotatable bonds is 2. The fourth-order valence-corrected chi connectivity index (χ4v) is 2.51. The molecule has 98 valence electrons. The van der Waals surface area contributed by atoms with Crippen molar-refractivity contribution in [3.63, 3.8) is 0 Å². The van der Waals surface area contributed by atoms with Crippen molar-refractivity contribution < 1.29 is 4.42 Å². The van der Waals surface area contributed by atoms with E-state index in [0.717, 1.165) is 11.0 Å². The molecule has 6 heteroatoms. The van der Waals surface area contributed by atoms with Gasteiger partial charge in [-0.2, -0.15) is 5.26 Å². The highest BCUT2D eigenvalue weighted by Gasteiger charge is 2.17. The van der Waals surface area contributed by atoms with Crippen molar-refractivity contribution in [2.75, 3.05) is 6.26 Å². The smallest absolute Gasteiger partial charge is 0.189 e. The van der Waals surface area contributed by atoms with E-state index in [9.17, 15) is 5.26 Å². The van der Waals surface area contributed by atoms with Crippen LogP contribution in [0, 0.1) is 11.3 Å². The van der Waals surface area contributed by atoms with E-state index in [1.54, 1.807) is 0 Å². The van der Waals surface area contributed by atoms with Gasteiger partial charge in [-0.25, -0.2) is 9.97 Å². The zero-order chi connectivity index (χ0) is 14.1. The molecule has 4 nitrogen and oxygen atoms in total. The van der Waals surface area contributed by atoms with Crippen LogP contribution in [0.25, 0.3) is 22.4 Å². The number of nitrogens with zero attached hydrogens (tertiary/aromatic N) is 3. The molecule has 2 aromatic heterocycles. The van der Waals surface area contributed by atoms with Crippen LogP contribution in [-0.4, -0.2) is 16.2 Å². The van der Waals surface area contributed by atoms with Crippen molar-refractivity contribution in [2.24, 2.45) is 0 Å². The first-order chi connectivity index (χ1) is 9.72. The van der Waals surface area contributed by atoms with E-state index in [1.807, 2.05) is 42.7 Å². The van der Waals surface area contributed by atoms with Crippen molar-refractivity contribution in [3.8, 4) is 17.5 Å². The third-order valence-corrected chi connectivity index (χ3v) is 3.62. The third-order valence-electron chi connectivity index (χ3n) is 2.80. The van der Waals surface area contributed by atoms with Gasteiger partial charge in [0.25, 0.3) is 0 Å². The van der Waals surface area contributed by atoms with Crippen LogP contribution in [0.2, 0.25) is 5.15 Å². The lowest BCUT2D eigenvalue weighted by Gasteiger charge is -2.03. The summed E-state index contributed by atoms with van der Waals surface area (Å²) in [4.78, 5) is 8.40. The number of fused-ring (bicyclic) bond motifs is 1. The molecular weight excluding hydrogens is 294 g/mol. The van der Waals surface area contributed by atoms with E-state index in [2.05, 4.69) is 9.97 Å². The lowest BCUT2D eigenvalue weighted by molar-refractivity contribution is 0.626. The van der Waals surface area contributed by atoms with Crippen molar-refractivity contribution in [1.82, 2.24) is 9.97 Å². The molecule has 20 heavy (non-hydrogen) atoms. The molecule has 0 atom stereocenters. The van der Waals surface area contributed by atoms with Crippen molar-refractivity contribution in [3.05, 3.63) is 41.0 Å². The minimum Gasteiger partial charge on any atom is -0.454 e. The van der Waals surface area contributed by atoms with Crippen molar-refractivity contribution in [1.29, 1.82) is 5.26 Å². The number of hydrogen-bond donors (Lipinski definition) is 0. The monoisotopic (exact) mass is 301 g/mol. The molecule has 0 amide bonds. The molecular formula is C14H8ClN3OS.